The summed E-state index contributed by atoms with van der Waals surface area (Å²) < 4.78 is 13.9. The zero-order valence-electron chi connectivity index (χ0n) is 18.8. The normalized spacial score (nSPS) is 23.5. The number of nitrogens with zero attached hydrogens (tertiary/aromatic N) is 2. The molecule has 2 aliphatic carbocycles. The average molecular weight is 504 g/mol. The van der Waals surface area contributed by atoms with E-state index in [1.165, 1.54) is 18.3 Å². The lowest BCUT2D eigenvalue weighted by atomic mass is 9.74. The smallest absolute Gasteiger partial charge is 0.251 e. The van der Waals surface area contributed by atoms with E-state index < -0.39 is 11.4 Å². The first-order chi connectivity index (χ1) is 16.3. The Morgan fingerprint density at radius 1 is 1.32 bits per heavy atom. The van der Waals surface area contributed by atoms with Crippen LogP contribution < -0.4 is 5.32 Å². The van der Waals surface area contributed by atoms with Gasteiger partial charge in [0.15, 0.2) is 11.4 Å². The molecule has 0 radical (unpaired) electrons. The molecule has 1 aromatic rings. The third kappa shape index (κ3) is 4.81. The summed E-state index contributed by atoms with van der Waals surface area (Å²) in [6, 6.07) is 3.03. The van der Waals surface area contributed by atoms with Gasteiger partial charge in [0, 0.05) is 23.5 Å². The molecule has 0 spiro atoms. The van der Waals surface area contributed by atoms with E-state index in [4.69, 9.17) is 32.9 Å². The van der Waals surface area contributed by atoms with E-state index in [9.17, 15) is 9.18 Å². The van der Waals surface area contributed by atoms with E-state index in [2.05, 4.69) is 21.7 Å². The first-order valence-electron chi connectivity index (χ1n) is 11.0. The van der Waals surface area contributed by atoms with Gasteiger partial charge in [0.1, 0.15) is 6.61 Å². The number of carbonyl (C=O) groups excluding carboxylic acids is 1. The molecule has 1 heterocycles. The van der Waals surface area contributed by atoms with Crippen LogP contribution in [0.2, 0.25) is 10.0 Å². The van der Waals surface area contributed by atoms with E-state index in [1.807, 2.05) is 32.1 Å². The molecule has 178 valence electrons. The molecule has 2 atom stereocenters. The Hall–Kier alpha value is -2.90. The number of nitrogens with one attached hydrogen (secondary N) is 1. The molecule has 9 heteroatoms. The van der Waals surface area contributed by atoms with E-state index in [0.717, 1.165) is 23.3 Å². The summed E-state index contributed by atoms with van der Waals surface area (Å²) in [5.74, 6) is -0.874. The van der Waals surface area contributed by atoms with Crippen molar-refractivity contribution in [2.75, 3.05) is 13.2 Å². The lowest BCUT2D eigenvalue weighted by molar-refractivity contribution is -0.117. The molecule has 6 nitrogen and oxygen atoms in total. The van der Waals surface area contributed by atoms with Crippen LogP contribution in [0.1, 0.15) is 32.3 Å². The highest BCUT2D eigenvalue weighted by Crippen LogP contribution is 2.43. The third-order valence-electron chi connectivity index (χ3n) is 5.94. The Kier molecular flexibility index (Phi) is 7.24. The minimum atomic E-state index is -0.840. The Balaban J connectivity index is 1.55. The molecule has 0 aromatic heterocycles. The van der Waals surface area contributed by atoms with E-state index in [1.54, 1.807) is 6.08 Å². The number of allylic oxidation sites excluding steroid dienone is 6. The molecule has 0 saturated carbocycles. The molecule has 1 amide bonds. The molecule has 1 aromatic carbocycles. The van der Waals surface area contributed by atoms with E-state index in [-0.39, 0.29) is 28.4 Å². The van der Waals surface area contributed by atoms with Gasteiger partial charge in [0.25, 0.3) is 5.91 Å². The zero-order valence-corrected chi connectivity index (χ0v) is 20.3. The van der Waals surface area contributed by atoms with Crippen LogP contribution in [-0.2, 0) is 20.1 Å². The number of oxime groups is 2. The van der Waals surface area contributed by atoms with Gasteiger partial charge in [-0.05, 0) is 49.6 Å². The largest absolute Gasteiger partial charge is 0.396 e. The number of carbonyl (C=O) groups is 1. The number of fused-ring (bicyclic) bond motifs is 1. The molecule has 3 aliphatic rings. The van der Waals surface area contributed by atoms with Gasteiger partial charge in [0.2, 0.25) is 0 Å². The van der Waals surface area contributed by atoms with Crippen molar-refractivity contribution >= 4 is 41.0 Å². The Morgan fingerprint density at radius 3 is 2.82 bits per heavy atom. The number of benzene rings is 1. The van der Waals surface area contributed by atoms with Gasteiger partial charge in [0.05, 0.1) is 28.5 Å². The first kappa shape index (κ1) is 24.2. The quantitative estimate of drug-likeness (QED) is 0.297. The number of hydrogen-bond donors (Lipinski definition) is 1. The summed E-state index contributed by atoms with van der Waals surface area (Å²) in [7, 11) is 0. The van der Waals surface area contributed by atoms with Crippen molar-refractivity contribution in [3.63, 3.8) is 0 Å². The van der Waals surface area contributed by atoms with Crippen LogP contribution in [0.5, 0.6) is 0 Å². The summed E-state index contributed by atoms with van der Waals surface area (Å²) in [6.45, 7) is 4.44. The van der Waals surface area contributed by atoms with Crippen molar-refractivity contribution in [2.45, 2.75) is 32.3 Å². The van der Waals surface area contributed by atoms with Crippen molar-refractivity contribution in [1.29, 1.82) is 0 Å². The Labute approximate surface area is 207 Å². The second-order valence-electron chi connectivity index (χ2n) is 8.25. The predicted octanol–water partition coefficient (Wildman–Crippen LogP) is 5.63. The van der Waals surface area contributed by atoms with Crippen LogP contribution in [0.4, 0.5) is 4.39 Å². The predicted molar refractivity (Wildman–Crippen MR) is 132 cm³/mol. The average Bonchev–Trinajstić information content (AvgIpc) is 3.24. The van der Waals surface area contributed by atoms with Crippen molar-refractivity contribution in [3.05, 3.63) is 80.7 Å². The lowest BCUT2D eigenvalue weighted by Gasteiger charge is -2.29. The monoisotopic (exact) mass is 503 g/mol. The summed E-state index contributed by atoms with van der Waals surface area (Å²) in [5.41, 5.74) is 3.07. The second kappa shape index (κ2) is 10.2. The molecule has 0 fully saturated rings. The molecular weight excluding hydrogens is 480 g/mol. The maximum Gasteiger partial charge on any atom is 0.251 e. The fraction of sp³-hybridized carbons (Fsp3) is 0.320. The lowest BCUT2D eigenvalue weighted by Crippen LogP contribution is -2.31. The summed E-state index contributed by atoms with van der Waals surface area (Å²) in [6.07, 6.45) is 12.4. The minimum Gasteiger partial charge on any atom is -0.396 e. The maximum absolute atomic E-state index is 13.9. The molecule has 1 N–H and O–H groups in total. The fourth-order valence-corrected chi connectivity index (χ4v) is 4.69. The molecule has 4 rings (SSSR count). The fourth-order valence-electron chi connectivity index (χ4n) is 4.20. The van der Waals surface area contributed by atoms with E-state index in [0.29, 0.717) is 24.2 Å². The summed E-state index contributed by atoms with van der Waals surface area (Å²) in [4.78, 5) is 23.5. The van der Waals surface area contributed by atoms with Gasteiger partial charge in [-0.15, -0.1) is 0 Å². The van der Waals surface area contributed by atoms with Crippen LogP contribution in [0.15, 0.2) is 69.5 Å². The molecule has 1 aliphatic heterocycles. The summed E-state index contributed by atoms with van der Waals surface area (Å²) >= 11 is 12.0. The Morgan fingerprint density at radius 2 is 2.09 bits per heavy atom. The van der Waals surface area contributed by atoms with Crippen molar-refractivity contribution < 1.29 is 18.9 Å². The topological polar surface area (TPSA) is 72.3 Å². The summed E-state index contributed by atoms with van der Waals surface area (Å²) in [5, 5.41) is 10.8. The molecule has 0 bridgehead atoms. The van der Waals surface area contributed by atoms with Crippen molar-refractivity contribution in [2.24, 2.45) is 16.2 Å². The standard InChI is InChI=1S/C25H24Cl2FN3O3/c1-3-33-30-11-10-29-24(32)19-9-8-18(16-6-4-5-7-17(16)19)22-14-25(2,34-31-22)15-12-20(26)23(28)21(27)13-15/h4-5,7-9,11-13,16H,3,6,10,14H2,1-2H3,(H,29,32)/b30-11+. The number of halogens is 3. The molecule has 0 saturated heterocycles. The van der Waals surface area contributed by atoms with E-state index >= 15 is 0 Å². The van der Waals surface area contributed by atoms with Crippen molar-refractivity contribution in [1.82, 2.24) is 5.32 Å². The number of amides is 1. The Bertz CT molecular complexity index is 1160. The van der Waals surface area contributed by atoms with Crippen LogP contribution in [-0.4, -0.2) is 31.0 Å². The second-order valence-corrected chi connectivity index (χ2v) is 9.06. The van der Waals surface area contributed by atoms with Crippen molar-refractivity contribution in [3.8, 4) is 0 Å². The maximum atomic E-state index is 13.9. The number of hydrogen-bond acceptors (Lipinski definition) is 5. The van der Waals surface area contributed by atoms with Gasteiger partial charge < -0.3 is 15.0 Å². The third-order valence-corrected chi connectivity index (χ3v) is 6.49. The van der Waals surface area contributed by atoms with Gasteiger partial charge in [-0.2, -0.15) is 0 Å². The highest BCUT2D eigenvalue weighted by atomic mass is 35.5. The highest BCUT2D eigenvalue weighted by Gasteiger charge is 2.41. The van der Waals surface area contributed by atoms with Crippen LogP contribution in [0.25, 0.3) is 0 Å². The van der Waals surface area contributed by atoms with Crippen LogP contribution >= 0.6 is 23.2 Å². The van der Waals surface area contributed by atoms with Gasteiger partial charge >= 0.3 is 0 Å². The first-order valence-corrected chi connectivity index (χ1v) is 11.7. The van der Waals surface area contributed by atoms with Crippen LogP contribution in [0.3, 0.4) is 0 Å². The van der Waals surface area contributed by atoms with Gasteiger partial charge in [-0.1, -0.05) is 57.8 Å². The zero-order chi connectivity index (χ0) is 24.3. The minimum absolute atomic E-state index is 0.0297. The molecular formula is C25H24Cl2FN3O3. The highest BCUT2D eigenvalue weighted by molar-refractivity contribution is 6.35. The molecule has 2 unspecified atom stereocenters. The SMILES string of the molecule is CCO/N=C/CNC(=O)C1=CC=C(C2=NOC(C)(c3cc(Cl)c(F)c(Cl)c3)C2)C2CC=CC=C12. The van der Waals surface area contributed by atoms with Gasteiger partial charge in [-0.25, -0.2) is 4.39 Å². The van der Waals surface area contributed by atoms with Gasteiger partial charge in [-0.3, -0.25) is 4.79 Å². The van der Waals surface area contributed by atoms with Crippen LogP contribution in [0, 0.1) is 11.7 Å². The number of rotatable bonds is 7. The molecule has 34 heavy (non-hydrogen) atoms.